The molecule has 0 aromatic heterocycles. The van der Waals surface area contributed by atoms with Crippen LogP contribution in [0.4, 0.5) is 0 Å². The molecule has 96 valence electrons. The first kappa shape index (κ1) is 12.9. The van der Waals surface area contributed by atoms with Gasteiger partial charge in [-0.2, -0.15) is 0 Å². The van der Waals surface area contributed by atoms with Crippen LogP contribution in [0.3, 0.4) is 0 Å². The summed E-state index contributed by atoms with van der Waals surface area (Å²) in [7, 11) is 0. The van der Waals surface area contributed by atoms with E-state index in [1.165, 1.54) is 0 Å². The van der Waals surface area contributed by atoms with Crippen LogP contribution in [0.5, 0.6) is 0 Å². The molecule has 1 aliphatic heterocycles. The summed E-state index contributed by atoms with van der Waals surface area (Å²) in [6, 6.07) is 9.68. The SMILES string of the molecule is O=C(CCl)NCC1(c2ccccc2)CCC(=O)N1. The smallest absolute Gasteiger partial charge is 0.235 e. The van der Waals surface area contributed by atoms with Crippen LogP contribution >= 0.6 is 11.6 Å². The van der Waals surface area contributed by atoms with Gasteiger partial charge in [-0.25, -0.2) is 0 Å². The normalized spacial score (nSPS) is 22.6. The van der Waals surface area contributed by atoms with Crippen LogP contribution in [-0.4, -0.2) is 24.2 Å². The van der Waals surface area contributed by atoms with Crippen molar-refractivity contribution in [3.8, 4) is 0 Å². The van der Waals surface area contributed by atoms with Crippen LogP contribution in [0.25, 0.3) is 0 Å². The molecule has 18 heavy (non-hydrogen) atoms. The van der Waals surface area contributed by atoms with Gasteiger partial charge in [0.1, 0.15) is 5.88 Å². The lowest BCUT2D eigenvalue weighted by molar-refractivity contribution is -0.121. The van der Waals surface area contributed by atoms with Gasteiger partial charge in [0.25, 0.3) is 0 Å². The number of hydrogen-bond donors (Lipinski definition) is 2. The quantitative estimate of drug-likeness (QED) is 0.803. The van der Waals surface area contributed by atoms with Crippen molar-refractivity contribution in [3.05, 3.63) is 35.9 Å². The second-order valence-corrected chi connectivity index (χ2v) is 4.67. The number of alkyl halides is 1. The maximum absolute atomic E-state index is 11.5. The zero-order valence-electron chi connectivity index (χ0n) is 9.91. The van der Waals surface area contributed by atoms with Crippen LogP contribution in [0.1, 0.15) is 18.4 Å². The molecule has 1 saturated heterocycles. The third kappa shape index (κ3) is 2.64. The lowest BCUT2D eigenvalue weighted by atomic mass is 9.88. The number of amides is 2. The van der Waals surface area contributed by atoms with Crippen molar-refractivity contribution in [2.24, 2.45) is 0 Å². The molecule has 1 fully saturated rings. The lowest BCUT2D eigenvalue weighted by Gasteiger charge is -2.30. The van der Waals surface area contributed by atoms with Crippen molar-refractivity contribution in [1.82, 2.24) is 10.6 Å². The largest absolute Gasteiger partial charge is 0.352 e. The molecule has 1 atom stereocenters. The molecule has 1 aromatic carbocycles. The molecule has 4 nitrogen and oxygen atoms in total. The molecule has 0 spiro atoms. The van der Waals surface area contributed by atoms with Crippen LogP contribution in [0, 0.1) is 0 Å². The van der Waals surface area contributed by atoms with E-state index < -0.39 is 5.54 Å². The Morgan fingerprint density at radius 3 is 2.67 bits per heavy atom. The Balaban J connectivity index is 2.19. The predicted octanol–water partition coefficient (Wildman–Crippen LogP) is 1.15. The van der Waals surface area contributed by atoms with Crippen LogP contribution < -0.4 is 10.6 Å². The summed E-state index contributed by atoms with van der Waals surface area (Å²) in [6.45, 7) is 0.369. The summed E-state index contributed by atoms with van der Waals surface area (Å²) >= 11 is 5.46. The monoisotopic (exact) mass is 266 g/mol. The summed E-state index contributed by atoms with van der Waals surface area (Å²) < 4.78 is 0. The highest BCUT2D eigenvalue weighted by Gasteiger charge is 2.39. The van der Waals surface area contributed by atoms with Crippen molar-refractivity contribution in [2.75, 3.05) is 12.4 Å². The van der Waals surface area contributed by atoms with E-state index >= 15 is 0 Å². The number of carbonyl (C=O) groups excluding carboxylic acids is 2. The Bertz CT molecular complexity index is 450. The van der Waals surface area contributed by atoms with Gasteiger partial charge in [-0.3, -0.25) is 9.59 Å². The van der Waals surface area contributed by atoms with Crippen molar-refractivity contribution in [1.29, 1.82) is 0 Å². The standard InChI is InChI=1S/C13H15ClN2O2/c14-8-12(18)15-9-13(7-6-11(17)16-13)10-4-2-1-3-5-10/h1-5H,6-9H2,(H,15,18)(H,16,17). The molecular formula is C13H15ClN2O2. The van der Waals surface area contributed by atoms with Gasteiger partial charge in [-0.05, 0) is 12.0 Å². The molecular weight excluding hydrogens is 252 g/mol. The number of nitrogens with one attached hydrogen (secondary N) is 2. The maximum Gasteiger partial charge on any atom is 0.235 e. The molecule has 0 aliphatic carbocycles. The molecule has 2 amide bonds. The Morgan fingerprint density at radius 1 is 1.39 bits per heavy atom. The van der Waals surface area contributed by atoms with Crippen molar-refractivity contribution < 1.29 is 9.59 Å². The second kappa shape index (κ2) is 5.40. The predicted molar refractivity (Wildman–Crippen MR) is 69.2 cm³/mol. The van der Waals surface area contributed by atoms with Crippen LogP contribution in [0.2, 0.25) is 0 Å². The minimum atomic E-state index is -0.500. The third-order valence-electron chi connectivity index (χ3n) is 3.19. The molecule has 1 heterocycles. The van der Waals surface area contributed by atoms with E-state index in [2.05, 4.69) is 10.6 Å². The Kier molecular flexibility index (Phi) is 3.87. The van der Waals surface area contributed by atoms with E-state index in [9.17, 15) is 9.59 Å². The highest BCUT2D eigenvalue weighted by Crippen LogP contribution is 2.30. The Morgan fingerprint density at radius 2 is 2.11 bits per heavy atom. The second-order valence-electron chi connectivity index (χ2n) is 4.41. The van der Waals surface area contributed by atoms with E-state index in [1.807, 2.05) is 30.3 Å². The number of benzene rings is 1. The molecule has 0 saturated carbocycles. The molecule has 1 aliphatic rings. The highest BCUT2D eigenvalue weighted by molar-refractivity contribution is 6.27. The molecule has 5 heteroatoms. The fourth-order valence-corrected chi connectivity index (χ4v) is 2.32. The number of carbonyl (C=O) groups is 2. The van der Waals surface area contributed by atoms with Gasteiger partial charge in [0.2, 0.25) is 11.8 Å². The molecule has 1 aromatic rings. The van der Waals surface area contributed by atoms with E-state index in [4.69, 9.17) is 11.6 Å². The molecule has 2 rings (SSSR count). The number of hydrogen-bond acceptors (Lipinski definition) is 2. The summed E-state index contributed by atoms with van der Waals surface area (Å²) in [5.74, 6) is -0.286. The first-order chi connectivity index (χ1) is 8.66. The minimum Gasteiger partial charge on any atom is -0.352 e. The summed E-state index contributed by atoms with van der Waals surface area (Å²) in [5, 5.41) is 5.71. The average molecular weight is 267 g/mol. The fourth-order valence-electron chi connectivity index (χ4n) is 2.22. The first-order valence-corrected chi connectivity index (χ1v) is 6.39. The molecule has 2 N–H and O–H groups in total. The summed E-state index contributed by atoms with van der Waals surface area (Å²) in [6.07, 6.45) is 1.16. The number of rotatable bonds is 4. The van der Waals surface area contributed by atoms with Gasteiger partial charge >= 0.3 is 0 Å². The Labute approximate surface area is 111 Å². The van der Waals surface area contributed by atoms with Gasteiger partial charge < -0.3 is 10.6 Å². The van der Waals surface area contributed by atoms with E-state index in [0.717, 1.165) is 5.56 Å². The zero-order chi connectivity index (χ0) is 13.0. The van der Waals surface area contributed by atoms with Crippen molar-refractivity contribution in [3.63, 3.8) is 0 Å². The van der Waals surface area contributed by atoms with Gasteiger partial charge in [-0.1, -0.05) is 30.3 Å². The van der Waals surface area contributed by atoms with E-state index in [1.54, 1.807) is 0 Å². The van der Waals surface area contributed by atoms with Crippen LogP contribution in [0.15, 0.2) is 30.3 Å². The summed E-state index contributed by atoms with van der Waals surface area (Å²) in [5.41, 5.74) is 0.505. The molecule has 0 radical (unpaired) electrons. The van der Waals surface area contributed by atoms with Gasteiger partial charge in [0.05, 0.1) is 5.54 Å². The Hall–Kier alpha value is -1.55. The van der Waals surface area contributed by atoms with Crippen LogP contribution in [-0.2, 0) is 15.1 Å². The minimum absolute atomic E-state index is 0.0129. The highest BCUT2D eigenvalue weighted by atomic mass is 35.5. The van der Waals surface area contributed by atoms with Gasteiger partial charge in [-0.15, -0.1) is 11.6 Å². The fraction of sp³-hybridized carbons (Fsp3) is 0.385. The molecule has 0 bridgehead atoms. The van der Waals surface area contributed by atoms with Crippen molar-refractivity contribution >= 4 is 23.4 Å². The third-order valence-corrected chi connectivity index (χ3v) is 3.44. The van der Waals surface area contributed by atoms with Gasteiger partial charge in [0.15, 0.2) is 0 Å². The zero-order valence-corrected chi connectivity index (χ0v) is 10.7. The molecule has 1 unspecified atom stereocenters. The lowest BCUT2D eigenvalue weighted by Crippen LogP contribution is -2.48. The number of halogens is 1. The van der Waals surface area contributed by atoms with Gasteiger partial charge in [0, 0.05) is 13.0 Å². The topological polar surface area (TPSA) is 58.2 Å². The van der Waals surface area contributed by atoms with E-state index in [0.29, 0.717) is 19.4 Å². The van der Waals surface area contributed by atoms with Crippen molar-refractivity contribution in [2.45, 2.75) is 18.4 Å². The first-order valence-electron chi connectivity index (χ1n) is 5.85. The summed E-state index contributed by atoms with van der Waals surface area (Å²) in [4.78, 5) is 22.8. The average Bonchev–Trinajstić information content (AvgIpc) is 2.80. The van der Waals surface area contributed by atoms with E-state index in [-0.39, 0.29) is 17.7 Å². The maximum atomic E-state index is 11.5.